The lowest BCUT2D eigenvalue weighted by Crippen LogP contribution is -2.28. The fourth-order valence-electron chi connectivity index (χ4n) is 0.980. The Morgan fingerprint density at radius 3 is 2.00 bits per heavy atom. The Morgan fingerprint density at radius 1 is 1.33 bits per heavy atom. The molecule has 0 N–H and O–H groups in total. The van der Waals surface area contributed by atoms with Gasteiger partial charge in [-0.05, 0) is 18.0 Å². The van der Waals surface area contributed by atoms with Crippen molar-refractivity contribution >= 4 is 13.8 Å². The van der Waals surface area contributed by atoms with Gasteiger partial charge in [-0.15, -0.1) is 0 Å². The topological polar surface area (TPSA) is 12.4 Å². The lowest BCUT2D eigenvalue weighted by atomic mass is 10.1. The van der Waals surface area contributed by atoms with Crippen molar-refractivity contribution in [2.24, 2.45) is 4.99 Å². The molecule has 12 heavy (non-hydrogen) atoms. The van der Waals surface area contributed by atoms with Gasteiger partial charge in [0.15, 0.2) is 0 Å². The average Bonchev–Trinajstić information content (AvgIpc) is 1.98. The maximum Gasteiger partial charge on any atom is 0.0518 e. The van der Waals surface area contributed by atoms with Crippen molar-refractivity contribution in [2.45, 2.75) is 39.0 Å². The van der Waals surface area contributed by atoms with Crippen LogP contribution in [0.2, 0.25) is 25.2 Å². The van der Waals surface area contributed by atoms with Crippen LogP contribution in [0.15, 0.2) is 17.1 Å². The quantitative estimate of drug-likeness (QED) is 0.470. The third-order valence-electron chi connectivity index (χ3n) is 2.62. The zero-order chi connectivity index (χ0) is 9.94. The van der Waals surface area contributed by atoms with Gasteiger partial charge in [0, 0.05) is 12.8 Å². The predicted octanol–water partition coefficient (Wildman–Crippen LogP) is 3.36. The van der Waals surface area contributed by atoms with E-state index in [-0.39, 0.29) is 0 Å². The molecule has 0 heterocycles. The van der Waals surface area contributed by atoms with Gasteiger partial charge in [-0.2, -0.15) is 0 Å². The van der Waals surface area contributed by atoms with E-state index in [1.165, 1.54) is 5.57 Å². The molecule has 1 atom stereocenters. The molecule has 0 aliphatic carbocycles. The molecule has 0 radical (unpaired) electrons. The molecule has 2 heteroatoms. The van der Waals surface area contributed by atoms with E-state index in [9.17, 15) is 0 Å². The lowest BCUT2D eigenvalue weighted by Gasteiger charge is -2.27. The maximum absolute atomic E-state index is 4.16. The second-order valence-corrected chi connectivity index (χ2v) is 10.0. The van der Waals surface area contributed by atoms with Crippen LogP contribution in [0.25, 0.3) is 0 Å². The fourth-order valence-corrected chi connectivity index (χ4v) is 2.23. The first-order valence-electron chi connectivity index (χ1n) is 4.43. The number of rotatable bonds is 3. The maximum atomic E-state index is 4.16. The summed E-state index contributed by atoms with van der Waals surface area (Å²) in [4.78, 5) is 4.16. The van der Waals surface area contributed by atoms with E-state index < -0.39 is 8.07 Å². The summed E-state index contributed by atoms with van der Waals surface area (Å²) >= 11 is 0. The molecule has 0 amide bonds. The van der Waals surface area contributed by atoms with E-state index in [1.807, 2.05) is 14.0 Å². The normalized spacial score (nSPS) is 16.0. The summed E-state index contributed by atoms with van der Waals surface area (Å²) < 4.78 is 0. The van der Waals surface area contributed by atoms with Crippen molar-refractivity contribution < 1.29 is 0 Å². The molecule has 1 nitrogen and oxygen atoms in total. The highest BCUT2D eigenvalue weighted by atomic mass is 28.3. The molecule has 0 saturated heterocycles. The third kappa shape index (κ3) is 2.93. The van der Waals surface area contributed by atoms with Crippen LogP contribution in [-0.2, 0) is 0 Å². The van der Waals surface area contributed by atoms with E-state index >= 15 is 0 Å². The van der Waals surface area contributed by atoms with E-state index in [2.05, 4.69) is 38.1 Å². The second-order valence-electron chi connectivity index (χ2n) is 4.42. The highest BCUT2D eigenvalue weighted by Crippen LogP contribution is 2.28. The Morgan fingerprint density at radius 2 is 1.75 bits per heavy atom. The van der Waals surface area contributed by atoms with Gasteiger partial charge >= 0.3 is 0 Å². The molecule has 0 aliphatic rings. The van der Waals surface area contributed by atoms with Gasteiger partial charge in [0.05, 0.1) is 8.07 Å². The van der Waals surface area contributed by atoms with E-state index in [4.69, 9.17) is 0 Å². The Bertz CT molecular complexity index is 198. The molecule has 0 aromatic rings. The predicted molar refractivity (Wildman–Crippen MR) is 60.9 cm³/mol. The summed E-state index contributed by atoms with van der Waals surface area (Å²) in [5.41, 5.74) is 2.95. The van der Waals surface area contributed by atoms with Crippen molar-refractivity contribution in [1.29, 1.82) is 0 Å². The lowest BCUT2D eigenvalue weighted by molar-refractivity contribution is 1.09. The van der Waals surface area contributed by atoms with Crippen LogP contribution in [0.1, 0.15) is 13.8 Å². The van der Waals surface area contributed by atoms with Crippen LogP contribution in [-0.4, -0.2) is 20.8 Å². The molecular weight excluding hydrogens is 162 g/mol. The van der Waals surface area contributed by atoms with Gasteiger partial charge in [0.2, 0.25) is 0 Å². The molecule has 0 aliphatic heterocycles. The van der Waals surface area contributed by atoms with Crippen LogP contribution in [0.3, 0.4) is 0 Å². The Hall–Kier alpha value is -0.373. The van der Waals surface area contributed by atoms with Gasteiger partial charge in [-0.25, -0.2) is 0 Å². The standard InChI is InChI=1S/C10H21NSi/c1-8(9(2)11-4)10(3)12(5,6)7/h10H,1H2,2-7H3/t10-/m1/s1. The minimum atomic E-state index is -1.08. The molecule has 0 fully saturated rings. The van der Waals surface area contributed by atoms with Gasteiger partial charge in [0.1, 0.15) is 0 Å². The molecule has 0 aromatic carbocycles. The molecule has 0 unspecified atom stereocenters. The smallest absolute Gasteiger partial charge is 0.0518 e. The van der Waals surface area contributed by atoms with E-state index in [1.54, 1.807) is 0 Å². The number of hydrogen-bond acceptors (Lipinski definition) is 1. The molecule has 0 aromatic heterocycles. The summed E-state index contributed by atoms with van der Waals surface area (Å²) in [7, 11) is 0.748. The third-order valence-corrected chi connectivity index (χ3v) is 5.57. The van der Waals surface area contributed by atoms with Crippen LogP contribution >= 0.6 is 0 Å². The van der Waals surface area contributed by atoms with E-state index in [0.717, 1.165) is 5.71 Å². The Labute approximate surface area is 77.6 Å². The van der Waals surface area contributed by atoms with Crippen molar-refractivity contribution in [2.75, 3.05) is 7.05 Å². The number of aliphatic imine (C=N–C) groups is 1. The SMILES string of the molecule is C=C(C(C)=NC)[C@@H](C)[Si](C)(C)C. The zero-order valence-electron chi connectivity index (χ0n) is 9.23. The summed E-state index contributed by atoms with van der Waals surface area (Å²) in [5, 5.41) is 0. The molecule has 0 rings (SSSR count). The highest BCUT2D eigenvalue weighted by molar-refractivity contribution is 6.78. The van der Waals surface area contributed by atoms with Crippen LogP contribution < -0.4 is 0 Å². The van der Waals surface area contributed by atoms with Crippen molar-refractivity contribution in [3.8, 4) is 0 Å². The van der Waals surface area contributed by atoms with Crippen molar-refractivity contribution in [1.82, 2.24) is 0 Å². The zero-order valence-corrected chi connectivity index (χ0v) is 10.2. The van der Waals surface area contributed by atoms with Crippen molar-refractivity contribution in [3.63, 3.8) is 0 Å². The summed E-state index contributed by atoms with van der Waals surface area (Å²) in [5.74, 6) is 0. The number of nitrogens with zero attached hydrogens (tertiary/aromatic N) is 1. The molecule has 0 spiro atoms. The monoisotopic (exact) mass is 183 g/mol. The second kappa shape index (κ2) is 4.03. The van der Waals surface area contributed by atoms with Gasteiger partial charge < -0.3 is 0 Å². The largest absolute Gasteiger partial charge is 0.293 e. The molecule has 0 saturated carbocycles. The number of hydrogen-bond donors (Lipinski definition) is 0. The molecule has 0 bridgehead atoms. The van der Waals surface area contributed by atoms with Crippen LogP contribution in [0.5, 0.6) is 0 Å². The Kier molecular flexibility index (Phi) is 3.91. The summed E-state index contributed by atoms with van der Waals surface area (Å²) in [6.07, 6.45) is 0. The minimum Gasteiger partial charge on any atom is -0.293 e. The van der Waals surface area contributed by atoms with Crippen LogP contribution in [0, 0.1) is 0 Å². The van der Waals surface area contributed by atoms with Gasteiger partial charge in [-0.1, -0.05) is 33.1 Å². The number of allylic oxidation sites excluding steroid dienone is 1. The van der Waals surface area contributed by atoms with Gasteiger partial charge in [0.25, 0.3) is 0 Å². The minimum absolute atomic E-state index is 0.626. The Balaban J connectivity index is 4.52. The highest BCUT2D eigenvalue weighted by Gasteiger charge is 2.25. The molecule has 70 valence electrons. The first-order valence-corrected chi connectivity index (χ1v) is 8.01. The summed E-state index contributed by atoms with van der Waals surface area (Å²) in [6.45, 7) is 15.5. The summed E-state index contributed by atoms with van der Waals surface area (Å²) in [6, 6.07) is 0. The average molecular weight is 183 g/mol. The van der Waals surface area contributed by atoms with Gasteiger partial charge in [-0.3, -0.25) is 4.99 Å². The first kappa shape index (κ1) is 11.6. The molecular formula is C10H21NSi. The van der Waals surface area contributed by atoms with Crippen molar-refractivity contribution in [3.05, 3.63) is 12.2 Å². The van der Waals surface area contributed by atoms with E-state index in [0.29, 0.717) is 5.54 Å². The first-order chi connectivity index (χ1) is 5.30. The van der Waals surface area contributed by atoms with Crippen LogP contribution in [0.4, 0.5) is 0 Å². The fraction of sp³-hybridized carbons (Fsp3) is 0.700.